The standard InChI is InChI=1S/C13H18FNO/c1-8-4-9-7-16-12(6-13(2,3)15)10(9)5-11(8)14/h4-5,12H,6-7,15H2,1-3H3. The number of rotatable bonds is 2. The molecule has 0 fully saturated rings. The molecule has 1 unspecified atom stereocenters. The Hall–Kier alpha value is -0.930. The summed E-state index contributed by atoms with van der Waals surface area (Å²) in [6.07, 6.45) is 0.646. The normalized spacial score (nSPS) is 19.9. The van der Waals surface area contributed by atoms with Crippen LogP contribution in [0.5, 0.6) is 0 Å². The Morgan fingerprint density at radius 3 is 2.81 bits per heavy atom. The first-order valence-corrected chi connectivity index (χ1v) is 5.56. The van der Waals surface area contributed by atoms with E-state index in [9.17, 15) is 4.39 Å². The highest BCUT2D eigenvalue weighted by Gasteiger charge is 2.28. The highest BCUT2D eigenvalue weighted by molar-refractivity contribution is 5.36. The Morgan fingerprint density at radius 2 is 2.19 bits per heavy atom. The van der Waals surface area contributed by atoms with Gasteiger partial charge in [0.1, 0.15) is 5.82 Å². The summed E-state index contributed by atoms with van der Waals surface area (Å²) in [7, 11) is 0. The summed E-state index contributed by atoms with van der Waals surface area (Å²) < 4.78 is 19.2. The van der Waals surface area contributed by atoms with Crippen molar-refractivity contribution >= 4 is 0 Å². The first-order valence-electron chi connectivity index (χ1n) is 5.56. The minimum Gasteiger partial charge on any atom is -0.369 e. The Labute approximate surface area is 95.6 Å². The van der Waals surface area contributed by atoms with Gasteiger partial charge in [-0.05, 0) is 49.9 Å². The molecule has 3 heteroatoms. The lowest BCUT2D eigenvalue weighted by molar-refractivity contribution is 0.0472. The molecule has 0 saturated heterocycles. The van der Waals surface area contributed by atoms with Gasteiger partial charge in [-0.15, -0.1) is 0 Å². The minimum atomic E-state index is -0.298. The molecule has 1 aliphatic heterocycles. The molecule has 0 aromatic heterocycles. The topological polar surface area (TPSA) is 35.2 Å². The largest absolute Gasteiger partial charge is 0.369 e. The van der Waals surface area contributed by atoms with Crippen LogP contribution in [0.4, 0.5) is 4.39 Å². The number of nitrogens with two attached hydrogens (primary N) is 1. The first kappa shape index (κ1) is 11.6. The van der Waals surface area contributed by atoms with Crippen LogP contribution in [0.1, 0.15) is 43.1 Å². The van der Waals surface area contributed by atoms with Gasteiger partial charge in [0.2, 0.25) is 0 Å². The molecular formula is C13H18FNO. The van der Waals surface area contributed by atoms with Crippen LogP contribution in [0.3, 0.4) is 0 Å². The van der Waals surface area contributed by atoms with Crippen molar-refractivity contribution in [3.8, 4) is 0 Å². The molecule has 0 bridgehead atoms. The van der Waals surface area contributed by atoms with E-state index in [1.165, 1.54) is 0 Å². The highest BCUT2D eigenvalue weighted by Crippen LogP contribution is 2.36. The predicted molar refractivity (Wildman–Crippen MR) is 61.6 cm³/mol. The summed E-state index contributed by atoms with van der Waals surface area (Å²) in [5.41, 5.74) is 8.40. The van der Waals surface area contributed by atoms with Crippen LogP contribution in [-0.4, -0.2) is 5.54 Å². The smallest absolute Gasteiger partial charge is 0.126 e. The zero-order chi connectivity index (χ0) is 11.9. The van der Waals surface area contributed by atoms with Crippen molar-refractivity contribution in [2.75, 3.05) is 0 Å². The van der Waals surface area contributed by atoms with E-state index >= 15 is 0 Å². The average molecular weight is 223 g/mol. The number of ether oxygens (including phenoxy) is 1. The maximum absolute atomic E-state index is 13.5. The Balaban J connectivity index is 2.29. The van der Waals surface area contributed by atoms with Crippen LogP contribution >= 0.6 is 0 Å². The fourth-order valence-electron chi connectivity index (χ4n) is 2.11. The third kappa shape index (κ3) is 2.25. The van der Waals surface area contributed by atoms with Crippen molar-refractivity contribution in [2.45, 2.75) is 45.4 Å². The number of halogens is 1. The molecule has 88 valence electrons. The Morgan fingerprint density at radius 1 is 1.50 bits per heavy atom. The van der Waals surface area contributed by atoms with Gasteiger partial charge in [0.05, 0.1) is 12.7 Å². The van der Waals surface area contributed by atoms with Gasteiger partial charge in [-0.25, -0.2) is 4.39 Å². The van der Waals surface area contributed by atoms with Gasteiger partial charge >= 0.3 is 0 Å². The molecule has 0 amide bonds. The van der Waals surface area contributed by atoms with Gasteiger partial charge in [-0.2, -0.15) is 0 Å². The van der Waals surface area contributed by atoms with E-state index in [0.717, 1.165) is 11.1 Å². The number of hydrogen-bond donors (Lipinski definition) is 1. The fourth-order valence-corrected chi connectivity index (χ4v) is 2.11. The van der Waals surface area contributed by atoms with Gasteiger partial charge < -0.3 is 10.5 Å². The molecule has 1 atom stereocenters. The molecule has 2 rings (SSSR count). The molecule has 0 saturated carbocycles. The van der Waals surface area contributed by atoms with Gasteiger partial charge in [0.15, 0.2) is 0 Å². The van der Waals surface area contributed by atoms with Crippen molar-refractivity contribution in [1.82, 2.24) is 0 Å². The molecule has 1 heterocycles. The Kier molecular flexibility index (Phi) is 2.76. The van der Waals surface area contributed by atoms with Gasteiger partial charge in [-0.1, -0.05) is 6.07 Å². The number of hydrogen-bond acceptors (Lipinski definition) is 2. The van der Waals surface area contributed by atoms with Gasteiger partial charge in [0, 0.05) is 5.54 Å². The van der Waals surface area contributed by atoms with Crippen molar-refractivity contribution in [3.63, 3.8) is 0 Å². The lowest BCUT2D eigenvalue weighted by Gasteiger charge is -2.23. The molecule has 1 aromatic rings. The molecule has 1 aliphatic rings. The zero-order valence-corrected chi connectivity index (χ0v) is 10.0. The van der Waals surface area contributed by atoms with Crippen LogP contribution in [0.15, 0.2) is 12.1 Å². The molecule has 2 nitrogen and oxygen atoms in total. The summed E-state index contributed by atoms with van der Waals surface area (Å²) in [5, 5.41) is 0. The average Bonchev–Trinajstić information content (AvgIpc) is 2.47. The van der Waals surface area contributed by atoms with Crippen molar-refractivity contribution in [1.29, 1.82) is 0 Å². The van der Waals surface area contributed by atoms with E-state index in [2.05, 4.69) is 0 Å². The maximum atomic E-state index is 13.5. The highest BCUT2D eigenvalue weighted by atomic mass is 19.1. The molecule has 0 aliphatic carbocycles. The third-order valence-corrected chi connectivity index (χ3v) is 2.92. The summed E-state index contributed by atoms with van der Waals surface area (Å²) in [6, 6.07) is 3.46. The van der Waals surface area contributed by atoms with E-state index in [1.807, 2.05) is 19.9 Å². The van der Waals surface area contributed by atoms with Crippen molar-refractivity contribution < 1.29 is 9.13 Å². The second kappa shape index (κ2) is 3.82. The van der Waals surface area contributed by atoms with E-state index in [-0.39, 0.29) is 17.5 Å². The van der Waals surface area contributed by atoms with Crippen LogP contribution in [0.2, 0.25) is 0 Å². The van der Waals surface area contributed by atoms with Crippen LogP contribution < -0.4 is 5.73 Å². The van der Waals surface area contributed by atoms with E-state index in [1.54, 1.807) is 13.0 Å². The quantitative estimate of drug-likeness (QED) is 0.836. The lowest BCUT2D eigenvalue weighted by atomic mass is 9.92. The maximum Gasteiger partial charge on any atom is 0.126 e. The van der Waals surface area contributed by atoms with E-state index < -0.39 is 0 Å². The lowest BCUT2D eigenvalue weighted by Crippen LogP contribution is -2.33. The zero-order valence-electron chi connectivity index (χ0n) is 10.0. The molecule has 1 aromatic carbocycles. The molecule has 0 spiro atoms. The molecular weight excluding hydrogens is 205 g/mol. The summed E-state index contributed by atoms with van der Waals surface area (Å²) in [6.45, 7) is 6.25. The molecule has 2 N–H and O–H groups in total. The van der Waals surface area contributed by atoms with Crippen LogP contribution in [0.25, 0.3) is 0 Å². The SMILES string of the molecule is Cc1cc2c(cc1F)C(CC(C)(C)N)OC2. The van der Waals surface area contributed by atoms with Gasteiger partial charge in [0.25, 0.3) is 0 Å². The van der Waals surface area contributed by atoms with Crippen molar-refractivity contribution in [3.05, 3.63) is 34.6 Å². The second-order valence-corrected chi connectivity index (χ2v) is 5.29. The number of benzene rings is 1. The first-order chi connectivity index (χ1) is 7.37. The number of fused-ring (bicyclic) bond motifs is 1. The summed E-state index contributed by atoms with van der Waals surface area (Å²) >= 11 is 0. The molecule has 0 radical (unpaired) electrons. The minimum absolute atomic E-state index is 0.0647. The summed E-state index contributed by atoms with van der Waals surface area (Å²) in [4.78, 5) is 0. The van der Waals surface area contributed by atoms with Crippen molar-refractivity contribution in [2.24, 2.45) is 5.73 Å². The van der Waals surface area contributed by atoms with E-state index in [0.29, 0.717) is 18.6 Å². The monoisotopic (exact) mass is 223 g/mol. The van der Waals surface area contributed by atoms with Crippen LogP contribution in [-0.2, 0) is 11.3 Å². The third-order valence-electron chi connectivity index (χ3n) is 2.92. The Bertz CT molecular complexity index is 409. The molecule has 16 heavy (non-hydrogen) atoms. The number of aryl methyl sites for hydroxylation is 1. The fraction of sp³-hybridized carbons (Fsp3) is 0.538. The van der Waals surface area contributed by atoms with Crippen LogP contribution in [0, 0.1) is 12.7 Å². The van der Waals surface area contributed by atoms with Gasteiger partial charge in [-0.3, -0.25) is 0 Å². The predicted octanol–water partition coefficient (Wildman–Crippen LogP) is 2.83. The second-order valence-electron chi connectivity index (χ2n) is 5.29. The summed E-state index contributed by atoms with van der Waals surface area (Å²) in [5.74, 6) is -0.163. The van der Waals surface area contributed by atoms with E-state index in [4.69, 9.17) is 10.5 Å².